The number of benzene rings is 2. The Bertz CT molecular complexity index is 839. The summed E-state index contributed by atoms with van der Waals surface area (Å²) in [7, 11) is 3.46. The lowest BCUT2D eigenvalue weighted by Crippen LogP contribution is -2.38. The maximum absolute atomic E-state index is 13.3. The predicted octanol–water partition coefficient (Wildman–Crippen LogP) is 3.62. The van der Waals surface area contributed by atoms with Crippen LogP contribution < -0.4 is 10.6 Å². The average Bonchev–Trinajstić information content (AvgIpc) is 2.67. The number of amides is 1. The lowest BCUT2D eigenvalue weighted by Gasteiger charge is -2.12. The molecule has 0 bridgehead atoms. The normalized spacial score (nSPS) is 10.9. The van der Waals surface area contributed by atoms with Gasteiger partial charge in [0.05, 0.1) is 0 Å². The maximum Gasteiger partial charge on any atom is 0.253 e. The molecule has 30 heavy (non-hydrogen) atoms. The molecule has 2 aromatic carbocycles. The van der Waals surface area contributed by atoms with Gasteiger partial charge in [0.15, 0.2) is 5.96 Å². The Labute approximate surface area is 194 Å². The third kappa shape index (κ3) is 8.64. The summed E-state index contributed by atoms with van der Waals surface area (Å²) in [5, 5.41) is 6.32. The molecular formula is C22H29F2IN4O. The summed E-state index contributed by atoms with van der Waals surface area (Å²) >= 11 is 0. The number of rotatable bonds is 8. The molecule has 2 N–H and O–H groups in total. The molecule has 0 aromatic heterocycles. The first kappa shape index (κ1) is 25.8. The van der Waals surface area contributed by atoms with Crippen molar-refractivity contribution in [2.24, 2.45) is 4.99 Å². The number of hydrogen-bond donors (Lipinski definition) is 2. The Kier molecular flexibility index (Phi) is 11.3. The second-order valence-corrected chi connectivity index (χ2v) is 6.87. The van der Waals surface area contributed by atoms with Gasteiger partial charge in [-0.05, 0) is 55.2 Å². The molecule has 2 aromatic rings. The van der Waals surface area contributed by atoms with Gasteiger partial charge in [-0.3, -0.25) is 9.79 Å². The third-order valence-electron chi connectivity index (χ3n) is 4.22. The lowest BCUT2D eigenvalue weighted by molar-refractivity contribution is 0.0827. The van der Waals surface area contributed by atoms with Crippen LogP contribution in [0.3, 0.4) is 0 Å². The summed E-state index contributed by atoms with van der Waals surface area (Å²) in [6.45, 7) is 3.72. The Morgan fingerprint density at radius 3 is 2.33 bits per heavy atom. The zero-order valence-corrected chi connectivity index (χ0v) is 19.9. The number of carbonyl (C=O) groups excluding carboxylic acids is 1. The minimum atomic E-state index is -0.574. The van der Waals surface area contributed by atoms with Crippen LogP contribution >= 0.6 is 24.0 Å². The predicted molar refractivity (Wildman–Crippen MR) is 128 cm³/mol. The second-order valence-electron chi connectivity index (χ2n) is 6.87. The van der Waals surface area contributed by atoms with E-state index < -0.39 is 11.6 Å². The van der Waals surface area contributed by atoms with E-state index in [1.807, 2.05) is 25.1 Å². The van der Waals surface area contributed by atoms with Crippen molar-refractivity contribution in [2.75, 3.05) is 33.7 Å². The van der Waals surface area contributed by atoms with E-state index >= 15 is 0 Å². The maximum atomic E-state index is 13.3. The molecule has 0 saturated heterocycles. The fourth-order valence-corrected chi connectivity index (χ4v) is 2.84. The van der Waals surface area contributed by atoms with E-state index in [-0.39, 0.29) is 29.9 Å². The number of nitrogens with one attached hydrogen (secondary N) is 2. The Morgan fingerprint density at radius 1 is 1.00 bits per heavy atom. The van der Waals surface area contributed by atoms with E-state index in [4.69, 9.17) is 0 Å². The van der Waals surface area contributed by atoms with Gasteiger partial charge in [-0.15, -0.1) is 24.0 Å². The van der Waals surface area contributed by atoms with E-state index in [9.17, 15) is 13.6 Å². The van der Waals surface area contributed by atoms with Crippen molar-refractivity contribution in [3.05, 3.63) is 70.8 Å². The van der Waals surface area contributed by atoms with Crippen LogP contribution in [0.15, 0.2) is 47.5 Å². The number of hydrogen-bond acceptors (Lipinski definition) is 2. The van der Waals surface area contributed by atoms with Crippen LogP contribution in [0, 0.1) is 11.6 Å². The van der Waals surface area contributed by atoms with Gasteiger partial charge in [0.1, 0.15) is 11.6 Å². The number of nitrogens with zero attached hydrogens (tertiary/aromatic N) is 2. The molecule has 0 atom stereocenters. The summed E-state index contributed by atoms with van der Waals surface area (Å²) in [6.07, 6.45) is 1.17. The summed E-state index contributed by atoms with van der Waals surface area (Å²) in [6, 6.07) is 11.1. The molecule has 0 radical (unpaired) electrons. The van der Waals surface area contributed by atoms with Crippen LogP contribution in [0.4, 0.5) is 8.78 Å². The van der Waals surface area contributed by atoms with Crippen LogP contribution in [-0.2, 0) is 12.8 Å². The van der Waals surface area contributed by atoms with E-state index in [1.165, 1.54) is 12.1 Å². The number of guanidine groups is 1. The molecule has 0 aliphatic heterocycles. The standard InChI is InChI=1S/C22H28F2N4O.HI/c1-4-25-22(27-11-9-17-13-19(23)15-20(24)14-17)26-10-8-16-6-5-7-18(12-16)21(29)28(2)3;/h5-7,12-15H,4,8-11H2,1-3H3,(H2,25,26,27);1H. The van der Waals surface area contributed by atoms with Gasteiger partial charge in [0.25, 0.3) is 5.91 Å². The van der Waals surface area contributed by atoms with E-state index in [0.717, 1.165) is 11.6 Å². The minimum absolute atomic E-state index is 0. The zero-order valence-electron chi connectivity index (χ0n) is 17.5. The molecule has 2 rings (SSSR count). The highest BCUT2D eigenvalue weighted by atomic mass is 127. The largest absolute Gasteiger partial charge is 0.357 e. The van der Waals surface area contributed by atoms with Crippen LogP contribution in [0.1, 0.15) is 28.4 Å². The highest BCUT2D eigenvalue weighted by molar-refractivity contribution is 14.0. The van der Waals surface area contributed by atoms with Crippen molar-refractivity contribution in [3.8, 4) is 0 Å². The molecule has 1 amide bonds. The smallest absolute Gasteiger partial charge is 0.253 e. The van der Waals surface area contributed by atoms with Gasteiger partial charge >= 0.3 is 0 Å². The molecule has 0 heterocycles. The van der Waals surface area contributed by atoms with Crippen LogP contribution in [-0.4, -0.2) is 50.5 Å². The number of carbonyl (C=O) groups is 1. The highest BCUT2D eigenvalue weighted by Gasteiger charge is 2.08. The van der Waals surface area contributed by atoms with Gasteiger partial charge in [0, 0.05) is 45.4 Å². The second kappa shape index (κ2) is 13.1. The van der Waals surface area contributed by atoms with Crippen molar-refractivity contribution in [1.82, 2.24) is 15.5 Å². The molecule has 164 valence electrons. The lowest BCUT2D eigenvalue weighted by atomic mass is 10.1. The van der Waals surface area contributed by atoms with Gasteiger partial charge in [-0.25, -0.2) is 8.78 Å². The monoisotopic (exact) mass is 530 g/mol. The highest BCUT2D eigenvalue weighted by Crippen LogP contribution is 2.09. The molecule has 0 spiro atoms. The Hall–Kier alpha value is -2.23. The molecule has 0 aliphatic carbocycles. The number of halogens is 3. The number of aliphatic imine (C=N–C) groups is 1. The molecule has 0 unspecified atom stereocenters. The zero-order chi connectivity index (χ0) is 21.2. The molecule has 0 fully saturated rings. The topological polar surface area (TPSA) is 56.7 Å². The first-order valence-corrected chi connectivity index (χ1v) is 9.66. The van der Waals surface area contributed by atoms with Gasteiger partial charge in [-0.2, -0.15) is 0 Å². The van der Waals surface area contributed by atoms with Crippen molar-refractivity contribution in [1.29, 1.82) is 0 Å². The van der Waals surface area contributed by atoms with Crippen LogP contribution in [0.25, 0.3) is 0 Å². The Balaban J connectivity index is 0.00000450. The minimum Gasteiger partial charge on any atom is -0.357 e. The van der Waals surface area contributed by atoms with E-state index in [2.05, 4.69) is 15.6 Å². The van der Waals surface area contributed by atoms with Gasteiger partial charge in [0.2, 0.25) is 0 Å². The summed E-state index contributed by atoms with van der Waals surface area (Å²) < 4.78 is 26.5. The SMILES string of the molecule is CCNC(=NCCc1cccc(C(=O)N(C)C)c1)NCCc1cc(F)cc(F)c1.I. The van der Waals surface area contributed by atoms with Crippen molar-refractivity contribution in [3.63, 3.8) is 0 Å². The summed E-state index contributed by atoms with van der Waals surface area (Å²) in [5.41, 5.74) is 2.28. The van der Waals surface area contributed by atoms with E-state index in [1.54, 1.807) is 25.1 Å². The van der Waals surface area contributed by atoms with Crippen LogP contribution in [0.5, 0.6) is 0 Å². The fourth-order valence-electron chi connectivity index (χ4n) is 2.84. The first-order valence-electron chi connectivity index (χ1n) is 9.66. The van der Waals surface area contributed by atoms with Crippen molar-refractivity contribution in [2.45, 2.75) is 19.8 Å². The molecule has 0 saturated carbocycles. The van der Waals surface area contributed by atoms with E-state index in [0.29, 0.717) is 49.6 Å². The fraction of sp³-hybridized carbons (Fsp3) is 0.364. The van der Waals surface area contributed by atoms with Crippen molar-refractivity contribution >= 4 is 35.8 Å². The van der Waals surface area contributed by atoms with Crippen LogP contribution in [0.2, 0.25) is 0 Å². The molecule has 0 aliphatic rings. The quantitative estimate of drug-likeness (QED) is 0.312. The van der Waals surface area contributed by atoms with Gasteiger partial charge in [-0.1, -0.05) is 12.1 Å². The molecule has 5 nitrogen and oxygen atoms in total. The average molecular weight is 530 g/mol. The summed E-state index contributed by atoms with van der Waals surface area (Å²) in [4.78, 5) is 18.2. The Morgan fingerprint density at radius 2 is 1.70 bits per heavy atom. The third-order valence-corrected chi connectivity index (χ3v) is 4.22. The molecule has 8 heteroatoms. The van der Waals surface area contributed by atoms with Crippen molar-refractivity contribution < 1.29 is 13.6 Å². The first-order chi connectivity index (χ1) is 13.9. The molecular weight excluding hydrogens is 501 g/mol. The van der Waals surface area contributed by atoms with Gasteiger partial charge < -0.3 is 15.5 Å². The summed E-state index contributed by atoms with van der Waals surface area (Å²) in [5.74, 6) is -0.532.